The maximum Gasteiger partial charge on any atom is 0.145 e. The normalized spacial score (nSPS) is 9.88. The van der Waals surface area contributed by atoms with E-state index in [0.29, 0.717) is 4.88 Å². The largest absolute Gasteiger partial charge is 0.369 e. The Hall–Kier alpha value is -1.93. The van der Waals surface area contributed by atoms with Crippen molar-refractivity contribution >= 4 is 17.2 Å². The van der Waals surface area contributed by atoms with Crippen LogP contribution in [0, 0.1) is 11.3 Å². The van der Waals surface area contributed by atoms with Crippen LogP contribution in [0.4, 0.5) is 5.82 Å². The molecular weight excluding hydrogens is 232 g/mol. The van der Waals surface area contributed by atoms with Gasteiger partial charge in [0.05, 0.1) is 17.3 Å². The summed E-state index contributed by atoms with van der Waals surface area (Å²) in [5, 5.41) is 12.0. The van der Waals surface area contributed by atoms with Crippen LogP contribution in [0.15, 0.2) is 24.5 Å². The highest BCUT2D eigenvalue weighted by molar-refractivity contribution is 7.15. The molecule has 1 N–H and O–H groups in total. The van der Waals surface area contributed by atoms with Gasteiger partial charge in [-0.1, -0.05) is 6.92 Å². The first-order valence-electron chi connectivity index (χ1n) is 5.39. The van der Waals surface area contributed by atoms with Crippen LogP contribution in [-0.2, 0) is 0 Å². The Balaban J connectivity index is 2.23. The molecule has 0 spiro atoms. The number of thiophene rings is 1. The molecular formula is C12H12N4S. The van der Waals surface area contributed by atoms with Crippen molar-refractivity contribution < 1.29 is 0 Å². The molecule has 0 unspecified atom stereocenters. The first-order valence-corrected chi connectivity index (χ1v) is 6.21. The topological polar surface area (TPSA) is 61.6 Å². The number of nitrogens with one attached hydrogen (secondary N) is 1. The van der Waals surface area contributed by atoms with Crippen molar-refractivity contribution in [3.63, 3.8) is 0 Å². The lowest BCUT2D eigenvalue weighted by Crippen LogP contribution is -2.02. The highest BCUT2D eigenvalue weighted by atomic mass is 32.1. The second-order valence-corrected chi connectivity index (χ2v) is 4.58. The fourth-order valence-corrected chi connectivity index (χ4v) is 2.12. The van der Waals surface area contributed by atoms with Gasteiger partial charge in [0.2, 0.25) is 0 Å². The van der Waals surface area contributed by atoms with Crippen LogP contribution >= 0.6 is 11.3 Å². The zero-order chi connectivity index (χ0) is 12.1. The molecule has 0 aliphatic heterocycles. The summed E-state index contributed by atoms with van der Waals surface area (Å²) >= 11 is 1.43. The molecule has 0 aliphatic rings. The van der Waals surface area contributed by atoms with E-state index < -0.39 is 0 Å². The second kappa shape index (κ2) is 5.41. The van der Waals surface area contributed by atoms with E-state index >= 15 is 0 Å². The quantitative estimate of drug-likeness (QED) is 0.898. The maximum atomic E-state index is 8.78. The molecule has 0 amide bonds. The number of nitrogens with zero attached hydrogens (tertiary/aromatic N) is 3. The van der Waals surface area contributed by atoms with Crippen molar-refractivity contribution in [1.82, 2.24) is 9.97 Å². The van der Waals surface area contributed by atoms with Crippen LogP contribution in [0.2, 0.25) is 0 Å². The molecule has 0 fully saturated rings. The van der Waals surface area contributed by atoms with Gasteiger partial charge in [-0.15, -0.1) is 11.3 Å². The fraction of sp³-hybridized carbons (Fsp3) is 0.250. The summed E-state index contributed by atoms with van der Waals surface area (Å²) in [7, 11) is 0. The summed E-state index contributed by atoms with van der Waals surface area (Å²) in [4.78, 5) is 10.3. The minimum Gasteiger partial charge on any atom is -0.369 e. The molecule has 2 rings (SSSR count). The molecule has 0 bridgehead atoms. The molecule has 2 aromatic heterocycles. The standard InChI is InChI=1S/C12H12N4S/c1-2-5-15-12-8-14-7-10(16-12)11-4-3-9(6-13)17-11/h3-4,7-8H,2,5H2,1H3,(H,15,16). The molecule has 2 aromatic rings. The van der Waals surface area contributed by atoms with E-state index in [1.165, 1.54) is 11.3 Å². The Morgan fingerprint density at radius 2 is 2.29 bits per heavy atom. The van der Waals surface area contributed by atoms with Crippen molar-refractivity contribution in [3.8, 4) is 16.6 Å². The van der Waals surface area contributed by atoms with Gasteiger partial charge < -0.3 is 5.32 Å². The summed E-state index contributed by atoms with van der Waals surface area (Å²) in [5.41, 5.74) is 0.803. The second-order valence-electron chi connectivity index (χ2n) is 3.49. The fourth-order valence-electron chi connectivity index (χ4n) is 1.36. The van der Waals surface area contributed by atoms with Gasteiger partial charge in [-0.3, -0.25) is 4.98 Å². The minimum absolute atomic E-state index is 0.689. The number of hydrogen-bond donors (Lipinski definition) is 1. The predicted molar refractivity (Wildman–Crippen MR) is 68.8 cm³/mol. The lowest BCUT2D eigenvalue weighted by atomic mass is 10.3. The molecule has 0 aromatic carbocycles. The van der Waals surface area contributed by atoms with Crippen molar-refractivity contribution in [2.24, 2.45) is 0 Å². The first kappa shape index (κ1) is 11.6. The average molecular weight is 244 g/mol. The van der Waals surface area contributed by atoms with E-state index in [2.05, 4.69) is 28.3 Å². The lowest BCUT2D eigenvalue weighted by molar-refractivity contribution is 0.965. The molecule has 0 atom stereocenters. The summed E-state index contributed by atoms with van der Waals surface area (Å²) in [6.45, 7) is 2.98. The van der Waals surface area contributed by atoms with Crippen molar-refractivity contribution in [2.45, 2.75) is 13.3 Å². The van der Waals surface area contributed by atoms with E-state index in [-0.39, 0.29) is 0 Å². The molecule has 17 heavy (non-hydrogen) atoms. The SMILES string of the molecule is CCCNc1cncc(-c2ccc(C#N)s2)n1. The van der Waals surface area contributed by atoms with Crippen molar-refractivity contribution in [1.29, 1.82) is 5.26 Å². The van der Waals surface area contributed by atoms with Crippen LogP contribution in [0.3, 0.4) is 0 Å². The summed E-state index contributed by atoms with van der Waals surface area (Å²) in [6, 6.07) is 5.82. The number of nitriles is 1. The molecule has 4 nitrogen and oxygen atoms in total. The van der Waals surface area contributed by atoms with Gasteiger partial charge in [-0.05, 0) is 18.6 Å². The van der Waals surface area contributed by atoms with Crippen LogP contribution in [-0.4, -0.2) is 16.5 Å². The lowest BCUT2D eigenvalue weighted by Gasteiger charge is -2.04. The van der Waals surface area contributed by atoms with E-state index in [9.17, 15) is 0 Å². The van der Waals surface area contributed by atoms with Gasteiger partial charge in [0, 0.05) is 6.54 Å². The average Bonchev–Trinajstić information content (AvgIpc) is 2.85. The Morgan fingerprint density at radius 1 is 1.41 bits per heavy atom. The Bertz CT molecular complexity index is 541. The highest BCUT2D eigenvalue weighted by Crippen LogP contribution is 2.26. The zero-order valence-corrected chi connectivity index (χ0v) is 10.3. The minimum atomic E-state index is 0.689. The van der Waals surface area contributed by atoms with Crippen LogP contribution < -0.4 is 5.32 Å². The highest BCUT2D eigenvalue weighted by Gasteiger charge is 2.05. The molecule has 5 heteroatoms. The molecule has 0 saturated heterocycles. The molecule has 0 aliphatic carbocycles. The van der Waals surface area contributed by atoms with Crippen LogP contribution in [0.25, 0.3) is 10.6 Å². The third-order valence-corrected chi connectivity index (χ3v) is 3.17. The molecule has 0 saturated carbocycles. The third kappa shape index (κ3) is 2.80. The van der Waals surface area contributed by atoms with E-state index in [1.807, 2.05) is 6.07 Å². The van der Waals surface area contributed by atoms with Crippen LogP contribution in [0.1, 0.15) is 18.2 Å². The van der Waals surface area contributed by atoms with Gasteiger partial charge in [0.1, 0.15) is 22.5 Å². The van der Waals surface area contributed by atoms with Crippen molar-refractivity contribution in [3.05, 3.63) is 29.4 Å². The Labute approximate surface area is 104 Å². The Morgan fingerprint density at radius 3 is 3.00 bits per heavy atom. The van der Waals surface area contributed by atoms with Gasteiger partial charge in [-0.2, -0.15) is 5.26 Å². The molecule has 86 valence electrons. The number of rotatable bonds is 4. The first-order chi connectivity index (χ1) is 8.33. The number of aromatic nitrogens is 2. The molecule has 0 radical (unpaired) electrons. The van der Waals surface area contributed by atoms with Gasteiger partial charge in [-0.25, -0.2) is 4.98 Å². The van der Waals surface area contributed by atoms with Gasteiger partial charge in [0.25, 0.3) is 0 Å². The van der Waals surface area contributed by atoms with Crippen molar-refractivity contribution in [2.75, 3.05) is 11.9 Å². The van der Waals surface area contributed by atoms with E-state index in [1.54, 1.807) is 18.5 Å². The summed E-state index contributed by atoms with van der Waals surface area (Å²) < 4.78 is 0. The van der Waals surface area contributed by atoms with Gasteiger partial charge in [0.15, 0.2) is 0 Å². The number of hydrogen-bond acceptors (Lipinski definition) is 5. The van der Waals surface area contributed by atoms with E-state index in [4.69, 9.17) is 5.26 Å². The van der Waals surface area contributed by atoms with Gasteiger partial charge >= 0.3 is 0 Å². The monoisotopic (exact) mass is 244 g/mol. The van der Waals surface area contributed by atoms with E-state index in [0.717, 1.165) is 29.4 Å². The van der Waals surface area contributed by atoms with Crippen LogP contribution in [0.5, 0.6) is 0 Å². The summed E-state index contributed by atoms with van der Waals surface area (Å²) in [5.74, 6) is 0.774. The Kier molecular flexibility index (Phi) is 3.68. The zero-order valence-electron chi connectivity index (χ0n) is 9.47. The third-order valence-electron chi connectivity index (χ3n) is 2.16. The smallest absolute Gasteiger partial charge is 0.145 e. The maximum absolute atomic E-state index is 8.78. The predicted octanol–water partition coefficient (Wildman–Crippen LogP) is 2.90. The molecule has 2 heterocycles. The number of anilines is 1. The summed E-state index contributed by atoms with van der Waals surface area (Å²) in [6.07, 6.45) is 4.46.